The average Bonchev–Trinajstić information content (AvgIpc) is 2.61. The number of thiophene rings is 2. The Morgan fingerprint density at radius 2 is 2.25 bits per heavy atom. The van der Waals surface area contributed by atoms with Crippen LogP contribution >= 0.6 is 45.3 Å². The van der Waals surface area contributed by atoms with Crippen LogP contribution in [0, 0.1) is 10.5 Å². The number of hydrogen-bond donors (Lipinski definition) is 0. The lowest BCUT2D eigenvalue weighted by molar-refractivity contribution is 1.59. The van der Waals surface area contributed by atoms with E-state index in [-0.39, 0.29) is 0 Å². The summed E-state index contributed by atoms with van der Waals surface area (Å²) in [5.74, 6) is 0. The van der Waals surface area contributed by atoms with Crippen molar-refractivity contribution in [3.63, 3.8) is 0 Å². The molecule has 0 radical (unpaired) electrons. The molecule has 2 rings (SSSR count). The second-order valence-corrected chi connectivity index (χ2v) is 5.73. The van der Waals surface area contributed by atoms with E-state index in [4.69, 9.17) is 0 Å². The molecule has 0 aliphatic rings. The molecule has 3 heteroatoms. The van der Waals surface area contributed by atoms with Crippen LogP contribution < -0.4 is 0 Å². The standard InChI is InChI=1S/C9H7IS2/c1-6-8(10)4-9(12-6)7-2-3-11-5-7/h2-5H,1H3. The minimum atomic E-state index is 1.36. The first kappa shape index (κ1) is 8.72. The molecule has 0 spiro atoms. The Morgan fingerprint density at radius 3 is 2.75 bits per heavy atom. The maximum Gasteiger partial charge on any atom is 0.0364 e. The first-order valence-electron chi connectivity index (χ1n) is 3.56. The van der Waals surface area contributed by atoms with Crippen LogP contribution in [-0.4, -0.2) is 0 Å². The molecule has 0 bridgehead atoms. The first-order chi connectivity index (χ1) is 5.77. The van der Waals surface area contributed by atoms with Gasteiger partial charge in [-0.3, -0.25) is 0 Å². The summed E-state index contributed by atoms with van der Waals surface area (Å²) >= 11 is 6.01. The summed E-state index contributed by atoms with van der Waals surface area (Å²) in [7, 11) is 0. The van der Waals surface area contributed by atoms with Crippen LogP contribution in [0.15, 0.2) is 22.9 Å². The summed E-state index contributed by atoms with van der Waals surface area (Å²) in [5, 5.41) is 4.32. The van der Waals surface area contributed by atoms with Crippen molar-refractivity contribution in [2.75, 3.05) is 0 Å². The number of aryl methyl sites for hydroxylation is 1. The SMILES string of the molecule is Cc1sc(-c2ccsc2)cc1I. The van der Waals surface area contributed by atoms with E-state index in [9.17, 15) is 0 Å². The third kappa shape index (κ3) is 1.58. The maximum absolute atomic E-state index is 2.38. The van der Waals surface area contributed by atoms with Crippen molar-refractivity contribution < 1.29 is 0 Å². The van der Waals surface area contributed by atoms with Gasteiger partial charge in [0.2, 0.25) is 0 Å². The van der Waals surface area contributed by atoms with Gasteiger partial charge in [0.05, 0.1) is 0 Å². The molecule has 0 saturated heterocycles. The van der Waals surface area contributed by atoms with E-state index in [1.165, 1.54) is 18.9 Å². The molecular formula is C9H7IS2. The Morgan fingerprint density at radius 1 is 1.42 bits per heavy atom. The molecule has 62 valence electrons. The van der Waals surface area contributed by atoms with Crippen molar-refractivity contribution in [1.29, 1.82) is 0 Å². The van der Waals surface area contributed by atoms with E-state index >= 15 is 0 Å². The Kier molecular flexibility index (Phi) is 2.52. The van der Waals surface area contributed by atoms with Crippen molar-refractivity contribution in [2.24, 2.45) is 0 Å². The van der Waals surface area contributed by atoms with Gasteiger partial charge in [0.25, 0.3) is 0 Å². The number of rotatable bonds is 1. The van der Waals surface area contributed by atoms with Gasteiger partial charge in [-0.2, -0.15) is 11.3 Å². The van der Waals surface area contributed by atoms with E-state index in [2.05, 4.69) is 52.4 Å². The van der Waals surface area contributed by atoms with Gasteiger partial charge >= 0.3 is 0 Å². The molecule has 0 aromatic carbocycles. The van der Waals surface area contributed by atoms with Gasteiger partial charge in [-0.15, -0.1) is 11.3 Å². The summed E-state index contributed by atoms with van der Waals surface area (Å²) in [6.45, 7) is 2.17. The fourth-order valence-corrected chi connectivity index (χ4v) is 3.50. The van der Waals surface area contributed by atoms with Gasteiger partial charge in [-0.25, -0.2) is 0 Å². The summed E-state index contributed by atoms with van der Waals surface area (Å²) in [5.41, 5.74) is 1.36. The molecule has 2 aromatic rings. The Labute approximate surface area is 93.4 Å². The van der Waals surface area contributed by atoms with Crippen LogP contribution in [0.2, 0.25) is 0 Å². The molecule has 0 N–H and O–H groups in total. The summed E-state index contributed by atoms with van der Waals surface area (Å²) < 4.78 is 1.37. The van der Waals surface area contributed by atoms with Crippen LogP contribution in [0.5, 0.6) is 0 Å². The normalized spacial score (nSPS) is 10.5. The average molecular weight is 306 g/mol. The molecule has 0 fully saturated rings. The Balaban J connectivity index is 2.48. The molecule has 2 heterocycles. The van der Waals surface area contributed by atoms with Crippen molar-refractivity contribution in [2.45, 2.75) is 6.92 Å². The van der Waals surface area contributed by atoms with Crippen molar-refractivity contribution in [3.8, 4) is 10.4 Å². The predicted octanol–water partition coefficient (Wildman–Crippen LogP) is 4.39. The summed E-state index contributed by atoms with van der Waals surface area (Å²) in [6, 6.07) is 4.43. The minimum Gasteiger partial charge on any atom is -0.152 e. The molecule has 0 aliphatic carbocycles. The van der Waals surface area contributed by atoms with Gasteiger partial charge in [0.1, 0.15) is 0 Å². The fourth-order valence-electron chi connectivity index (χ4n) is 1.01. The van der Waals surface area contributed by atoms with Crippen LogP contribution in [0.25, 0.3) is 10.4 Å². The van der Waals surface area contributed by atoms with E-state index < -0.39 is 0 Å². The minimum absolute atomic E-state index is 1.36. The number of halogens is 1. The lowest BCUT2D eigenvalue weighted by atomic mass is 10.3. The van der Waals surface area contributed by atoms with Crippen LogP contribution in [0.4, 0.5) is 0 Å². The van der Waals surface area contributed by atoms with Crippen molar-refractivity contribution >= 4 is 45.3 Å². The predicted molar refractivity (Wildman–Crippen MR) is 65.1 cm³/mol. The first-order valence-corrected chi connectivity index (χ1v) is 6.39. The van der Waals surface area contributed by atoms with Gasteiger partial charge in [0.15, 0.2) is 0 Å². The van der Waals surface area contributed by atoms with Crippen molar-refractivity contribution in [3.05, 3.63) is 31.3 Å². The second-order valence-electron chi connectivity index (χ2n) is 2.53. The van der Waals surface area contributed by atoms with Crippen LogP contribution in [0.3, 0.4) is 0 Å². The molecule has 2 aromatic heterocycles. The highest BCUT2D eigenvalue weighted by Crippen LogP contribution is 2.32. The third-order valence-corrected chi connectivity index (χ3v) is 4.93. The van der Waals surface area contributed by atoms with Crippen LogP contribution in [0.1, 0.15) is 4.88 Å². The van der Waals surface area contributed by atoms with Gasteiger partial charge in [-0.05, 0) is 52.4 Å². The molecule has 0 amide bonds. The molecule has 12 heavy (non-hydrogen) atoms. The smallest absolute Gasteiger partial charge is 0.0364 e. The topological polar surface area (TPSA) is 0 Å². The largest absolute Gasteiger partial charge is 0.152 e. The number of hydrogen-bond acceptors (Lipinski definition) is 2. The van der Waals surface area contributed by atoms with E-state index in [0.29, 0.717) is 0 Å². The highest BCUT2D eigenvalue weighted by atomic mass is 127. The zero-order valence-corrected chi connectivity index (χ0v) is 10.3. The third-order valence-electron chi connectivity index (χ3n) is 1.66. The molecular weight excluding hydrogens is 299 g/mol. The zero-order valence-electron chi connectivity index (χ0n) is 6.50. The van der Waals surface area contributed by atoms with Gasteiger partial charge < -0.3 is 0 Å². The molecule has 0 saturated carbocycles. The molecule has 0 aliphatic heterocycles. The van der Waals surface area contributed by atoms with Crippen LogP contribution in [-0.2, 0) is 0 Å². The maximum atomic E-state index is 2.38. The van der Waals surface area contributed by atoms with Gasteiger partial charge in [0, 0.05) is 18.9 Å². The van der Waals surface area contributed by atoms with E-state index in [1.807, 2.05) is 11.3 Å². The Hall–Kier alpha value is 0.130. The zero-order chi connectivity index (χ0) is 8.55. The quantitative estimate of drug-likeness (QED) is 0.686. The monoisotopic (exact) mass is 306 g/mol. The molecule has 0 atom stereocenters. The lowest BCUT2D eigenvalue weighted by Crippen LogP contribution is -1.61. The fraction of sp³-hybridized carbons (Fsp3) is 0.111. The summed E-state index contributed by atoms with van der Waals surface area (Å²) in [4.78, 5) is 2.80. The van der Waals surface area contributed by atoms with E-state index in [0.717, 1.165) is 0 Å². The van der Waals surface area contributed by atoms with E-state index in [1.54, 1.807) is 11.3 Å². The Bertz CT molecular complexity index is 354. The highest BCUT2D eigenvalue weighted by molar-refractivity contribution is 14.1. The van der Waals surface area contributed by atoms with Gasteiger partial charge in [-0.1, -0.05) is 0 Å². The second kappa shape index (κ2) is 3.47. The molecule has 0 nitrogen and oxygen atoms in total. The highest BCUT2D eigenvalue weighted by Gasteiger charge is 2.04. The molecule has 0 unspecified atom stereocenters. The lowest BCUT2D eigenvalue weighted by Gasteiger charge is -1.86. The van der Waals surface area contributed by atoms with Crippen molar-refractivity contribution in [1.82, 2.24) is 0 Å². The summed E-state index contributed by atoms with van der Waals surface area (Å²) in [6.07, 6.45) is 0.